The lowest BCUT2D eigenvalue weighted by Crippen LogP contribution is -2.27. The third kappa shape index (κ3) is 2.50. The molecule has 4 heteroatoms. The van der Waals surface area contributed by atoms with Crippen LogP contribution >= 0.6 is 15.9 Å². The molecule has 1 unspecified atom stereocenters. The van der Waals surface area contributed by atoms with Gasteiger partial charge in [-0.15, -0.1) is 0 Å². The van der Waals surface area contributed by atoms with Crippen molar-refractivity contribution in [2.24, 2.45) is 0 Å². The Morgan fingerprint density at radius 2 is 1.94 bits per heavy atom. The maximum atomic E-state index is 5.50. The highest BCUT2D eigenvalue weighted by molar-refractivity contribution is 9.10. The number of ether oxygens (including phenoxy) is 2. The van der Waals surface area contributed by atoms with Crippen LogP contribution in [-0.2, 0) is 0 Å². The van der Waals surface area contributed by atoms with Gasteiger partial charge in [-0.2, -0.15) is 0 Å². The largest absolute Gasteiger partial charge is 0.493 e. The van der Waals surface area contributed by atoms with E-state index in [4.69, 9.17) is 9.47 Å². The second kappa shape index (κ2) is 5.93. The summed E-state index contributed by atoms with van der Waals surface area (Å²) in [6, 6.07) is 2.58. The van der Waals surface area contributed by atoms with E-state index in [1.165, 1.54) is 24.8 Å². The first kappa shape index (κ1) is 13.7. The summed E-state index contributed by atoms with van der Waals surface area (Å²) in [6.45, 7) is 3.19. The van der Waals surface area contributed by atoms with E-state index < -0.39 is 0 Å². The van der Waals surface area contributed by atoms with Gasteiger partial charge in [0.15, 0.2) is 11.5 Å². The van der Waals surface area contributed by atoms with Crippen molar-refractivity contribution in [2.45, 2.75) is 32.2 Å². The van der Waals surface area contributed by atoms with Gasteiger partial charge in [0.05, 0.1) is 18.7 Å². The fourth-order valence-corrected chi connectivity index (χ4v) is 3.22. The van der Waals surface area contributed by atoms with Crippen molar-refractivity contribution in [3.05, 3.63) is 21.7 Å². The van der Waals surface area contributed by atoms with Crippen molar-refractivity contribution in [2.75, 3.05) is 20.8 Å². The summed E-state index contributed by atoms with van der Waals surface area (Å²) in [7, 11) is 3.36. The Morgan fingerprint density at radius 3 is 2.50 bits per heavy atom. The molecule has 1 aromatic rings. The van der Waals surface area contributed by atoms with Crippen LogP contribution in [0.1, 0.15) is 36.4 Å². The second-order valence-electron chi connectivity index (χ2n) is 4.64. The Labute approximate surface area is 117 Å². The van der Waals surface area contributed by atoms with Crippen LogP contribution in [0.5, 0.6) is 11.5 Å². The number of hydrogen-bond acceptors (Lipinski definition) is 3. The maximum absolute atomic E-state index is 5.50. The second-order valence-corrected chi connectivity index (χ2v) is 5.50. The van der Waals surface area contributed by atoms with Crippen molar-refractivity contribution in [1.29, 1.82) is 0 Å². The lowest BCUT2D eigenvalue weighted by Gasteiger charge is -2.27. The molecule has 0 bridgehead atoms. The van der Waals surface area contributed by atoms with Crippen molar-refractivity contribution in [1.82, 2.24) is 5.32 Å². The van der Waals surface area contributed by atoms with Crippen LogP contribution < -0.4 is 14.8 Å². The van der Waals surface area contributed by atoms with Gasteiger partial charge >= 0.3 is 0 Å². The van der Waals surface area contributed by atoms with E-state index in [1.54, 1.807) is 14.2 Å². The lowest BCUT2D eigenvalue weighted by molar-refractivity contribution is 0.347. The molecule has 1 aliphatic rings. The quantitative estimate of drug-likeness (QED) is 0.925. The van der Waals surface area contributed by atoms with Crippen LogP contribution in [0.4, 0.5) is 0 Å². The summed E-state index contributed by atoms with van der Waals surface area (Å²) in [5.41, 5.74) is 2.47. The number of nitrogens with one attached hydrogen (secondary N) is 1. The number of halogens is 1. The predicted molar refractivity (Wildman–Crippen MR) is 76.6 cm³/mol. The van der Waals surface area contributed by atoms with E-state index in [9.17, 15) is 0 Å². The minimum absolute atomic E-state index is 0.426. The van der Waals surface area contributed by atoms with E-state index in [2.05, 4.69) is 34.2 Å². The Morgan fingerprint density at radius 1 is 1.22 bits per heavy atom. The highest BCUT2D eigenvalue weighted by Gasteiger charge is 2.22. The number of benzene rings is 1. The van der Waals surface area contributed by atoms with Gasteiger partial charge < -0.3 is 14.8 Å². The summed E-state index contributed by atoms with van der Waals surface area (Å²) in [6.07, 6.45) is 3.73. The van der Waals surface area contributed by atoms with Gasteiger partial charge in [0, 0.05) is 6.04 Å². The third-order valence-electron chi connectivity index (χ3n) is 3.57. The zero-order valence-electron chi connectivity index (χ0n) is 11.2. The molecule has 0 amide bonds. The van der Waals surface area contributed by atoms with Gasteiger partial charge in [-0.05, 0) is 59.4 Å². The molecule has 2 rings (SSSR count). The van der Waals surface area contributed by atoms with Crippen LogP contribution in [0, 0.1) is 6.92 Å². The molecule has 0 aliphatic carbocycles. The zero-order chi connectivity index (χ0) is 13.1. The Hall–Kier alpha value is -0.740. The summed E-state index contributed by atoms with van der Waals surface area (Å²) in [5, 5.41) is 3.58. The monoisotopic (exact) mass is 313 g/mol. The molecule has 1 aliphatic heterocycles. The van der Waals surface area contributed by atoms with E-state index in [1.807, 2.05) is 0 Å². The highest BCUT2D eigenvalue weighted by Crippen LogP contribution is 2.42. The molecule has 0 saturated carbocycles. The van der Waals surface area contributed by atoms with E-state index in [0.717, 1.165) is 28.1 Å². The fourth-order valence-electron chi connectivity index (χ4n) is 2.64. The minimum atomic E-state index is 0.426. The van der Waals surface area contributed by atoms with Crippen LogP contribution in [0.3, 0.4) is 0 Å². The molecule has 18 heavy (non-hydrogen) atoms. The molecule has 1 fully saturated rings. The van der Waals surface area contributed by atoms with Crippen LogP contribution in [0.25, 0.3) is 0 Å². The predicted octanol–water partition coefficient (Wildman–Crippen LogP) is 3.59. The van der Waals surface area contributed by atoms with Gasteiger partial charge in [-0.3, -0.25) is 0 Å². The normalized spacial score (nSPS) is 19.7. The number of piperidine rings is 1. The van der Waals surface area contributed by atoms with Gasteiger partial charge in [0.25, 0.3) is 0 Å². The number of rotatable bonds is 3. The van der Waals surface area contributed by atoms with Crippen molar-refractivity contribution >= 4 is 15.9 Å². The SMILES string of the molecule is COc1c(Br)cc(C2CCCCN2)c(C)c1OC. The van der Waals surface area contributed by atoms with Crippen molar-refractivity contribution in [3.8, 4) is 11.5 Å². The first-order chi connectivity index (χ1) is 8.69. The molecule has 1 aromatic carbocycles. The molecule has 0 spiro atoms. The first-order valence-electron chi connectivity index (χ1n) is 6.33. The van der Waals surface area contributed by atoms with Crippen molar-refractivity contribution in [3.63, 3.8) is 0 Å². The molecule has 0 aromatic heterocycles. The third-order valence-corrected chi connectivity index (χ3v) is 4.16. The summed E-state index contributed by atoms with van der Waals surface area (Å²) in [5.74, 6) is 1.60. The maximum Gasteiger partial charge on any atom is 0.175 e. The molecule has 0 radical (unpaired) electrons. The lowest BCUT2D eigenvalue weighted by atomic mass is 9.93. The molecule has 1 atom stereocenters. The zero-order valence-corrected chi connectivity index (χ0v) is 12.8. The van der Waals surface area contributed by atoms with Gasteiger partial charge in [-0.1, -0.05) is 6.42 Å². The summed E-state index contributed by atoms with van der Waals surface area (Å²) >= 11 is 3.57. The molecule has 100 valence electrons. The van der Waals surface area contributed by atoms with Gasteiger partial charge in [0.2, 0.25) is 0 Å². The highest BCUT2D eigenvalue weighted by atomic mass is 79.9. The standard InChI is InChI=1S/C14H20BrNO2/c1-9-10(12-6-4-5-7-16-12)8-11(15)14(18-3)13(9)17-2/h8,12,16H,4-7H2,1-3H3. The average Bonchev–Trinajstić information content (AvgIpc) is 2.41. The molecule has 1 N–H and O–H groups in total. The average molecular weight is 314 g/mol. The topological polar surface area (TPSA) is 30.5 Å². The molecule has 3 nitrogen and oxygen atoms in total. The van der Waals surface area contributed by atoms with Crippen LogP contribution in [0.2, 0.25) is 0 Å². The molecule has 1 heterocycles. The summed E-state index contributed by atoms with van der Waals surface area (Å²) < 4.78 is 11.8. The van der Waals surface area contributed by atoms with Gasteiger partial charge in [0.1, 0.15) is 0 Å². The minimum Gasteiger partial charge on any atom is -0.493 e. The van der Waals surface area contributed by atoms with Crippen molar-refractivity contribution < 1.29 is 9.47 Å². The van der Waals surface area contributed by atoms with E-state index in [-0.39, 0.29) is 0 Å². The molecular formula is C14H20BrNO2. The van der Waals surface area contributed by atoms with Crippen LogP contribution in [-0.4, -0.2) is 20.8 Å². The number of hydrogen-bond donors (Lipinski definition) is 1. The smallest absolute Gasteiger partial charge is 0.175 e. The van der Waals surface area contributed by atoms with Crippen LogP contribution in [0.15, 0.2) is 10.5 Å². The van der Waals surface area contributed by atoms with E-state index in [0.29, 0.717) is 6.04 Å². The molecule has 1 saturated heterocycles. The Balaban J connectivity index is 2.44. The molecular weight excluding hydrogens is 294 g/mol. The Kier molecular flexibility index (Phi) is 4.51. The van der Waals surface area contributed by atoms with Gasteiger partial charge in [-0.25, -0.2) is 0 Å². The Bertz CT molecular complexity index is 428. The fraction of sp³-hybridized carbons (Fsp3) is 0.571. The number of methoxy groups -OCH3 is 2. The van der Waals surface area contributed by atoms with E-state index >= 15 is 0 Å². The first-order valence-corrected chi connectivity index (χ1v) is 7.12. The summed E-state index contributed by atoms with van der Waals surface area (Å²) in [4.78, 5) is 0.